The lowest BCUT2D eigenvalue weighted by Gasteiger charge is -2.35. The zero-order chi connectivity index (χ0) is 23.8. The first-order valence-corrected chi connectivity index (χ1v) is 11.7. The molecule has 0 spiro atoms. The number of rotatable bonds is 4. The van der Waals surface area contributed by atoms with Crippen LogP contribution in [0, 0.1) is 0 Å². The van der Waals surface area contributed by atoms with Crippen LogP contribution >= 0.6 is 0 Å². The van der Waals surface area contributed by atoms with E-state index in [1.807, 2.05) is 24.5 Å². The predicted octanol–water partition coefficient (Wildman–Crippen LogP) is 2.47. The maximum absolute atomic E-state index is 10.2. The summed E-state index contributed by atoms with van der Waals surface area (Å²) in [5, 5.41) is 13.7. The fraction of sp³-hybridized carbons (Fsp3) is 0.360. The first kappa shape index (κ1) is 22.1. The minimum Gasteiger partial charge on any atom is -0.507 e. The van der Waals surface area contributed by atoms with Crippen molar-refractivity contribution < 1.29 is 5.11 Å². The number of nitrogens with zero attached hydrogens (tertiary/aromatic N) is 4. The molecule has 7 N–H and O–H groups in total. The normalized spacial score (nSPS) is 20.9. The van der Waals surface area contributed by atoms with Gasteiger partial charge in [-0.05, 0) is 32.1 Å². The lowest BCUT2D eigenvalue weighted by atomic mass is 9.95. The average Bonchev–Trinajstić information content (AvgIpc) is 3.15. The van der Waals surface area contributed by atoms with Gasteiger partial charge < -0.3 is 36.7 Å². The molecule has 34 heavy (non-hydrogen) atoms. The van der Waals surface area contributed by atoms with Gasteiger partial charge in [-0.25, -0.2) is 9.97 Å². The molecule has 2 aromatic heterocycles. The molecular weight excluding hydrogens is 428 g/mol. The van der Waals surface area contributed by atoms with Gasteiger partial charge in [0.05, 0.1) is 24.1 Å². The van der Waals surface area contributed by atoms with Crippen molar-refractivity contribution in [1.82, 2.24) is 20.3 Å². The molecule has 2 unspecified atom stereocenters. The van der Waals surface area contributed by atoms with Gasteiger partial charge in [0.1, 0.15) is 11.6 Å². The highest BCUT2D eigenvalue weighted by Crippen LogP contribution is 2.38. The number of aromatic nitrogens is 3. The number of nitrogens with one attached hydrogen (secondary N) is 2. The van der Waals surface area contributed by atoms with E-state index in [0.29, 0.717) is 29.1 Å². The number of hydrogen-bond donors (Lipinski definition) is 5. The second kappa shape index (κ2) is 8.90. The van der Waals surface area contributed by atoms with E-state index < -0.39 is 0 Å². The molecule has 1 fully saturated rings. The summed E-state index contributed by atoms with van der Waals surface area (Å²) in [4.78, 5) is 17.3. The van der Waals surface area contributed by atoms with E-state index in [9.17, 15) is 5.11 Å². The van der Waals surface area contributed by atoms with Crippen molar-refractivity contribution in [3.8, 4) is 5.75 Å². The van der Waals surface area contributed by atoms with Crippen molar-refractivity contribution in [2.45, 2.75) is 32.4 Å². The van der Waals surface area contributed by atoms with Gasteiger partial charge in [-0.15, -0.1) is 0 Å². The lowest BCUT2D eigenvalue weighted by Crippen LogP contribution is -2.49. The maximum atomic E-state index is 10.2. The highest BCUT2D eigenvalue weighted by molar-refractivity contribution is 5.86. The molecule has 0 radical (unpaired) electrons. The maximum Gasteiger partial charge on any atom is 0.225 e. The minimum atomic E-state index is 0.00535. The van der Waals surface area contributed by atoms with Crippen LogP contribution in [0.1, 0.15) is 42.3 Å². The number of para-hydroxylation sites is 1. The largest absolute Gasteiger partial charge is 0.507 e. The molecule has 9 nitrogen and oxygen atoms in total. The average molecular weight is 461 g/mol. The van der Waals surface area contributed by atoms with Gasteiger partial charge >= 0.3 is 0 Å². The van der Waals surface area contributed by atoms with Gasteiger partial charge in [0, 0.05) is 66.7 Å². The van der Waals surface area contributed by atoms with Gasteiger partial charge in [-0.1, -0.05) is 12.1 Å². The molecule has 0 aliphatic carbocycles. The second-order valence-electron chi connectivity index (χ2n) is 9.12. The summed E-state index contributed by atoms with van der Waals surface area (Å²) >= 11 is 0. The zero-order valence-corrected chi connectivity index (χ0v) is 19.6. The Bertz CT molecular complexity index is 1200. The Kier molecular flexibility index (Phi) is 5.79. The molecule has 0 bridgehead atoms. The van der Waals surface area contributed by atoms with Crippen LogP contribution in [0.25, 0.3) is 11.8 Å². The molecule has 1 saturated heterocycles. The number of fused-ring (bicyclic) bond motifs is 1. The van der Waals surface area contributed by atoms with Crippen molar-refractivity contribution in [2.75, 3.05) is 41.7 Å². The molecule has 3 aromatic rings. The van der Waals surface area contributed by atoms with Crippen LogP contribution in [0.3, 0.4) is 0 Å². The summed E-state index contributed by atoms with van der Waals surface area (Å²) in [7, 11) is 0. The number of phenolic OH excluding ortho intramolecular Hbond substituents is 1. The number of hydrogen-bond acceptors (Lipinski definition) is 8. The Morgan fingerprint density at radius 1 is 1.18 bits per heavy atom. The van der Waals surface area contributed by atoms with Gasteiger partial charge in [0.15, 0.2) is 0 Å². The van der Waals surface area contributed by atoms with Gasteiger partial charge in [0.2, 0.25) is 5.95 Å². The summed E-state index contributed by atoms with van der Waals surface area (Å²) in [5.74, 6) is 1.41. The van der Waals surface area contributed by atoms with Crippen molar-refractivity contribution in [3.63, 3.8) is 0 Å². The predicted molar refractivity (Wildman–Crippen MR) is 137 cm³/mol. The van der Waals surface area contributed by atoms with E-state index in [0.717, 1.165) is 55.1 Å². The van der Waals surface area contributed by atoms with Crippen molar-refractivity contribution >= 4 is 29.2 Å². The van der Waals surface area contributed by atoms with Crippen LogP contribution in [0.5, 0.6) is 5.75 Å². The highest BCUT2D eigenvalue weighted by Gasteiger charge is 2.31. The molecular formula is C25H32N8O. The number of H-pyrrole nitrogens is 1. The van der Waals surface area contributed by atoms with Crippen LogP contribution in [0.4, 0.5) is 17.5 Å². The first-order chi connectivity index (χ1) is 16.4. The first-order valence-electron chi connectivity index (χ1n) is 11.7. The third kappa shape index (κ3) is 4.03. The Labute approximate surface area is 199 Å². The Balaban J connectivity index is 1.42. The number of nitrogens with two attached hydrogens (primary N) is 2. The summed E-state index contributed by atoms with van der Waals surface area (Å²) in [6.45, 7) is 7.97. The number of piperazine rings is 1. The summed E-state index contributed by atoms with van der Waals surface area (Å²) < 4.78 is 0. The SMILES string of the molecule is CC1CN(c2cnc(N3CCc4[nH]c(N)c(/C=C(\N)c5ccccc5O)c4C3C)nc2)CCN1. The van der Waals surface area contributed by atoms with Crippen molar-refractivity contribution in [3.05, 3.63) is 59.0 Å². The van der Waals surface area contributed by atoms with Crippen molar-refractivity contribution in [1.29, 1.82) is 0 Å². The monoisotopic (exact) mass is 460 g/mol. The molecule has 1 aromatic carbocycles. The molecule has 9 heteroatoms. The molecule has 178 valence electrons. The minimum absolute atomic E-state index is 0.00535. The van der Waals surface area contributed by atoms with Crippen LogP contribution in [0.2, 0.25) is 0 Å². The van der Waals surface area contributed by atoms with Crippen LogP contribution < -0.4 is 26.6 Å². The Morgan fingerprint density at radius 2 is 1.94 bits per heavy atom. The van der Waals surface area contributed by atoms with Crippen LogP contribution in [0.15, 0.2) is 36.7 Å². The number of benzene rings is 1. The fourth-order valence-electron chi connectivity index (χ4n) is 5.03. The number of anilines is 3. The lowest BCUT2D eigenvalue weighted by molar-refractivity contribution is 0.473. The molecule has 0 saturated carbocycles. The standard InChI is InChI=1S/C25H32N8O/c1-15-14-32(10-8-28-15)17-12-29-25(30-13-17)33-9-7-21-23(16(33)2)19(24(27)31-21)11-20(26)18-5-3-4-6-22(18)34/h3-6,11-13,15-16,28,31,34H,7-10,14,26-27H2,1-2H3/b20-11-. The topological polar surface area (TPSA) is 132 Å². The van der Waals surface area contributed by atoms with Gasteiger partial charge in [-0.3, -0.25) is 0 Å². The van der Waals surface area contributed by atoms with E-state index in [1.54, 1.807) is 18.2 Å². The molecule has 2 atom stereocenters. The van der Waals surface area contributed by atoms with E-state index in [4.69, 9.17) is 21.4 Å². The second-order valence-corrected chi connectivity index (χ2v) is 9.12. The quantitative estimate of drug-likeness (QED) is 0.401. The van der Waals surface area contributed by atoms with Crippen molar-refractivity contribution in [2.24, 2.45) is 5.73 Å². The van der Waals surface area contributed by atoms with E-state index in [1.165, 1.54) is 0 Å². The van der Waals surface area contributed by atoms with E-state index in [2.05, 4.69) is 33.9 Å². The highest BCUT2D eigenvalue weighted by atomic mass is 16.3. The van der Waals surface area contributed by atoms with E-state index in [-0.39, 0.29) is 11.8 Å². The number of nitrogen functional groups attached to an aromatic ring is 1. The third-order valence-electron chi connectivity index (χ3n) is 6.81. The fourth-order valence-corrected chi connectivity index (χ4v) is 5.03. The molecule has 5 rings (SSSR count). The van der Waals surface area contributed by atoms with Crippen LogP contribution in [-0.4, -0.2) is 52.3 Å². The number of phenols is 1. The third-order valence-corrected chi connectivity index (χ3v) is 6.81. The summed E-state index contributed by atoms with van der Waals surface area (Å²) in [6, 6.07) is 7.49. The van der Waals surface area contributed by atoms with Gasteiger partial charge in [-0.2, -0.15) is 0 Å². The van der Waals surface area contributed by atoms with Gasteiger partial charge in [0.25, 0.3) is 0 Å². The Morgan fingerprint density at radius 3 is 2.68 bits per heavy atom. The Hall–Kier alpha value is -3.72. The summed E-state index contributed by atoms with van der Waals surface area (Å²) in [5.41, 5.74) is 17.9. The molecule has 0 amide bonds. The molecule has 4 heterocycles. The number of aromatic amines is 1. The van der Waals surface area contributed by atoms with Crippen LogP contribution in [-0.2, 0) is 6.42 Å². The number of aromatic hydroxyl groups is 1. The summed E-state index contributed by atoms with van der Waals surface area (Å²) in [6.07, 6.45) is 6.49. The molecule has 2 aliphatic rings. The van der Waals surface area contributed by atoms with E-state index >= 15 is 0 Å². The smallest absolute Gasteiger partial charge is 0.225 e. The zero-order valence-electron chi connectivity index (χ0n) is 19.6. The molecule has 2 aliphatic heterocycles.